The number of ether oxygens (including phenoxy) is 2. The van der Waals surface area contributed by atoms with Crippen molar-refractivity contribution in [3.8, 4) is 11.5 Å². The van der Waals surface area contributed by atoms with Crippen molar-refractivity contribution in [2.45, 2.75) is 40.2 Å². The van der Waals surface area contributed by atoms with Crippen LogP contribution in [0.25, 0.3) is 0 Å². The molecule has 0 aliphatic carbocycles. The van der Waals surface area contributed by atoms with E-state index in [1.165, 1.54) is 24.3 Å². The van der Waals surface area contributed by atoms with Crippen LogP contribution in [0.5, 0.6) is 11.5 Å². The van der Waals surface area contributed by atoms with E-state index in [2.05, 4.69) is 4.74 Å². The lowest BCUT2D eigenvalue weighted by atomic mass is 10.3. The van der Waals surface area contributed by atoms with E-state index in [0.29, 0.717) is 5.75 Å². The van der Waals surface area contributed by atoms with Gasteiger partial charge in [0.2, 0.25) is 0 Å². The first kappa shape index (κ1) is 15.6. The van der Waals surface area contributed by atoms with Gasteiger partial charge in [-0.3, -0.25) is 0 Å². The Labute approximate surface area is 99.4 Å². The number of hydrogen-bond donors (Lipinski definition) is 0. The second-order valence-electron chi connectivity index (χ2n) is 3.19. The Bertz CT molecular complexity index is 305. The second-order valence-corrected chi connectivity index (χ2v) is 3.19. The summed E-state index contributed by atoms with van der Waals surface area (Å²) < 4.78 is 44.4. The van der Waals surface area contributed by atoms with E-state index in [9.17, 15) is 13.2 Å². The highest BCUT2D eigenvalue weighted by molar-refractivity contribution is 5.31. The molecule has 0 amide bonds. The fourth-order valence-electron chi connectivity index (χ4n) is 0.992. The minimum absolute atomic E-state index is 0.0145. The van der Waals surface area contributed by atoms with Gasteiger partial charge in [-0.15, -0.1) is 13.2 Å². The van der Waals surface area contributed by atoms with Gasteiger partial charge in [-0.05, 0) is 38.1 Å². The monoisotopic (exact) mass is 250 g/mol. The Hall–Kier alpha value is -1.39. The molecule has 0 unspecified atom stereocenters. The van der Waals surface area contributed by atoms with Gasteiger partial charge in [0.05, 0.1) is 6.10 Å². The van der Waals surface area contributed by atoms with E-state index in [1.807, 2.05) is 27.7 Å². The molecule has 0 aromatic heterocycles. The zero-order valence-corrected chi connectivity index (χ0v) is 10.3. The molecule has 1 rings (SSSR count). The number of benzene rings is 1. The van der Waals surface area contributed by atoms with Crippen molar-refractivity contribution in [3.05, 3.63) is 24.3 Å². The second kappa shape index (κ2) is 7.04. The van der Waals surface area contributed by atoms with Gasteiger partial charge in [0.15, 0.2) is 0 Å². The molecule has 0 fully saturated rings. The van der Waals surface area contributed by atoms with Crippen molar-refractivity contribution in [1.29, 1.82) is 0 Å². The van der Waals surface area contributed by atoms with Crippen LogP contribution >= 0.6 is 0 Å². The molecule has 0 bridgehead atoms. The molecule has 0 radical (unpaired) electrons. The predicted molar refractivity (Wildman–Crippen MR) is 60.2 cm³/mol. The van der Waals surface area contributed by atoms with E-state index in [1.54, 1.807) is 0 Å². The predicted octanol–water partition coefficient (Wildman–Crippen LogP) is 4.40. The highest BCUT2D eigenvalue weighted by Crippen LogP contribution is 2.24. The number of rotatable bonds is 3. The molecule has 0 aliphatic heterocycles. The van der Waals surface area contributed by atoms with Crippen LogP contribution < -0.4 is 9.47 Å². The Kier molecular flexibility index (Phi) is 6.46. The van der Waals surface area contributed by atoms with Crippen LogP contribution in [0.2, 0.25) is 0 Å². The molecule has 5 heteroatoms. The summed E-state index contributed by atoms with van der Waals surface area (Å²) in [5, 5.41) is 0. The van der Waals surface area contributed by atoms with Crippen LogP contribution in [0.3, 0.4) is 0 Å². The first-order chi connectivity index (χ1) is 7.87. The van der Waals surface area contributed by atoms with Gasteiger partial charge in [0, 0.05) is 0 Å². The molecule has 0 heterocycles. The summed E-state index contributed by atoms with van der Waals surface area (Å²) in [6, 6.07) is 5.29. The first-order valence-electron chi connectivity index (χ1n) is 5.39. The van der Waals surface area contributed by atoms with Crippen molar-refractivity contribution in [2.24, 2.45) is 0 Å². The first-order valence-corrected chi connectivity index (χ1v) is 5.39. The van der Waals surface area contributed by atoms with Gasteiger partial charge >= 0.3 is 6.36 Å². The topological polar surface area (TPSA) is 18.5 Å². The third-order valence-electron chi connectivity index (χ3n) is 1.43. The van der Waals surface area contributed by atoms with E-state index < -0.39 is 6.36 Å². The molecule has 2 nitrogen and oxygen atoms in total. The van der Waals surface area contributed by atoms with Crippen molar-refractivity contribution in [2.75, 3.05) is 0 Å². The largest absolute Gasteiger partial charge is 0.573 e. The summed E-state index contributed by atoms with van der Waals surface area (Å²) in [4.78, 5) is 0. The summed E-state index contributed by atoms with van der Waals surface area (Å²) >= 11 is 0. The van der Waals surface area contributed by atoms with Crippen LogP contribution in [0.15, 0.2) is 24.3 Å². The molecule has 0 spiro atoms. The average molecular weight is 250 g/mol. The molecule has 0 saturated carbocycles. The van der Waals surface area contributed by atoms with Crippen molar-refractivity contribution < 1.29 is 22.6 Å². The minimum Gasteiger partial charge on any atom is -0.491 e. The summed E-state index contributed by atoms with van der Waals surface area (Å²) in [6.07, 6.45) is -4.67. The van der Waals surface area contributed by atoms with E-state index in [4.69, 9.17) is 4.74 Å². The number of hydrogen-bond acceptors (Lipinski definition) is 2. The fraction of sp³-hybridized carbons (Fsp3) is 0.500. The summed E-state index contributed by atoms with van der Waals surface area (Å²) in [5.41, 5.74) is 0. The average Bonchev–Trinajstić information content (AvgIpc) is 2.21. The van der Waals surface area contributed by atoms with Crippen LogP contribution in [0.1, 0.15) is 27.7 Å². The van der Waals surface area contributed by atoms with Crippen LogP contribution in [-0.2, 0) is 0 Å². The molecule has 0 N–H and O–H groups in total. The van der Waals surface area contributed by atoms with Gasteiger partial charge in [0.1, 0.15) is 11.5 Å². The third-order valence-corrected chi connectivity index (χ3v) is 1.43. The number of halogens is 3. The zero-order chi connectivity index (χ0) is 13.5. The fourth-order valence-corrected chi connectivity index (χ4v) is 0.992. The maximum absolute atomic E-state index is 11.8. The summed E-state index contributed by atoms with van der Waals surface area (Å²) in [6.45, 7) is 7.67. The zero-order valence-electron chi connectivity index (χ0n) is 10.3. The highest BCUT2D eigenvalue weighted by Gasteiger charge is 2.30. The highest BCUT2D eigenvalue weighted by atomic mass is 19.4. The Morgan fingerprint density at radius 3 is 1.71 bits per heavy atom. The smallest absolute Gasteiger partial charge is 0.491 e. The van der Waals surface area contributed by atoms with E-state index in [0.717, 1.165) is 0 Å². The molecular weight excluding hydrogens is 233 g/mol. The van der Waals surface area contributed by atoms with Gasteiger partial charge in [-0.1, -0.05) is 13.8 Å². The molecule has 0 atom stereocenters. The summed E-state index contributed by atoms with van der Waals surface area (Å²) in [7, 11) is 0. The van der Waals surface area contributed by atoms with E-state index >= 15 is 0 Å². The van der Waals surface area contributed by atoms with Crippen LogP contribution in [-0.4, -0.2) is 12.5 Å². The van der Waals surface area contributed by atoms with Gasteiger partial charge in [-0.2, -0.15) is 0 Å². The normalized spacial score (nSPS) is 10.6. The summed E-state index contributed by atoms with van der Waals surface area (Å²) in [5.74, 6) is 0.262. The van der Waals surface area contributed by atoms with Crippen LogP contribution in [0.4, 0.5) is 13.2 Å². The molecule has 98 valence electrons. The lowest BCUT2D eigenvalue weighted by molar-refractivity contribution is -0.274. The lowest BCUT2D eigenvalue weighted by Gasteiger charge is -2.11. The van der Waals surface area contributed by atoms with Crippen LogP contribution in [0, 0.1) is 0 Å². The Balaban J connectivity index is 0.00000121. The van der Waals surface area contributed by atoms with Crippen molar-refractivity contribution >= 4 is 0 Å². The lowest BCUT2D eigenvalue weighted by Crippen LogP contribution is -2.17. The van der Waals surface area contributed by atoms with Gasteiger partial charge in [0.25, 0.3) is 0 Å². The maximum atomic E-state index is 11.8. The molecule has 0 saturated heterocycles. The SMILES string of the molecule is CC.CC(C)Oc1ccc(OC(F)(F)F)cc1. The molecular formula is C12H17F3O2. The minimum atomic E-state index is -4.65. The molecule has 0 aliphatic rings. The quantitative estimate of drug-likeness (QED) is 0.791. The van der Waals surface area contributed by atoms with Gasteiger partial charge in [-0.25, -0.2) is 0 Å². The Morgan fingerprint density at radius 1 is 0.941 bits per heavy atom. The van der Waals surface area contributed by atoms with Crippen molar-refractivity contribution in [3.63, 3.8) is 0 Å². The van der Waals surface area contributed by atoms with Crippen molar-refractivity contribution in [1.82, 2.24) is 0 Å². The van der Waals surface area contributed by atoms with Gasteiger partial charge < -0.3 is 9.47 Å². The maximum Gasteiger partial charge on any atom is 0.573 e. The molecule has 1 aromatic carbocycles. The van der Waals surface area contributed by atoms with E-state index in [-0.39, 0.29) is 11.9 Å². The molecule has 1 aromatic rings. The standard InChI is InChI=1S/C10H11F3O2.C2H6/c1-7(2)14-8-3-5-9(6-4-8)15-10(11,12)13;1-2/h3-7H,1-2H3;1-2H3. The molecule has 17 heavy (non-hydrogen) atoms. The Morgan fingerprint density at radius 2 is 1.35 bits per heavy atom. The number of alkyl halides is 3. The third kappa shape index (κ3) is 7.49.